The molecule has 0 bridgehead atoms. The topological polar surface area (TPSA) is 33.1 Å². The summed E-state index contributed by atoms with van der Waals surface area (Å²) in [7, 11) is 4.29. The SMILES string of the molecule is CCNCC1(CN(C)Cc2nccn2C)CCCC1. The Kier molecular flexibility index (Phi) is 4.99. The number of aryl methyl sites for hydroxylation is 1. The van der Waals surface area contributed by atoms with Crippen molar-refractivity contribution in [1.82, 2.24) is 19.8 Å². The highest BCUT2D eigenvalue weighted by Crippen LogP contribution is 2.38. The Morgan fingerprint density at radius 2 is 2.16 bits per heavy atom. The van der Waals surface area contributed by atoms with Crippen molar-refractivity contribution in [2.45, 2.75) is 39.2 Å². The van der Waals surface area contributed by atoms with Crippen LogP contribution in [0.3, 0.4) is 0 Å². The number of nitrogens with one attached hydrogen (secondary N) is 1. The zero-order chi connectivity index (χ0) is 13.7. The average Bonchev–Trinajstić information content (AvgIpc) is 2.98. The highest BCUT2D eigenvalue weighted by atomic mass is 15.2. The van der Waals surface area contributed by atoms with Crippen LogP contribution in [-0.4, -0.2) is 41.1 Å². The highest BCUT2D eigenvalue weighted by Gasteiger charge is 2.34. The molecule has 0 spiro atoms. The van der Waals surface area contributed by atoms with Crippen molar-refractivity contribution < 1.29 is 0 Å². The van der Waals surface area contributed by atoms with Gasteiger partial charge in [-0.25, -0.2) is 4.98 Å². The fourth-order valence-electron chi connectivity index (χ4n) is 3.32. The van der Waals surface area contributed by atoms with Crippen LogP contribution in [0.25, 0.3) is 0 Å². The summed E-state index contributed by atoms with van der Waals surface area (Å²) in [5, 5.41) is 3.56. The van der Waals surface area contributed by atoms with Crippen molar-refractivity contribution >= 4 is 0 Å². The maximum absolute atomic E-state index is 4.42. The number of hydrogen-bond donors (Lipinski definition) is 1. The number of rotatable bonds is 7. The van der Waals surface area contributed by atoms with Crippen molar-refractivity contribution in [3.63, 3.8) is 0 Å². The summed E-state index contributed by atoms with van der Waals surface area (Å²) in [6.07, 6.45) is 9.42. The zero-order valence-electron chi connectivity index (χ0n) is 12.7. The molecule has 1 aliphatic carbocycles. The van der Waals surface area contributed by atoms with Crippen LogP contribution in [0, 0.1) is 5.41 Å². The third-order valence-electron chi connectivity index (χ3n) is 4.35. The van der Waals surface area contributed by atoms with Crippen LogP contribution in [0.4, 0.5) is 0 Å². The van der Waals surface area contributed by atoms with Gasteiger partial charge in [-0.1, -0.05) is 19.8 Å². The maximum atomic E-state index is 4.42. The van der Waals surface area contributed by atoms with E-state index in [9.17, 15) is 0 Å². The molecule has 0 atom stereocenters. The van der Waals surface area contributed by atoms with Gasteiger partial charge in [0.05, 0.1) is 6.54 Å². The van der Waals surface area contributed by atoms with Crippen molar-refractivity contribution in [2.75, 3.05) is 26.7 Å². The predicted molar refractivity (Wildman–Crippen MR) is 79.0 cm³/mol. The molecule has 1 fully saturated rings. The third kappa shape index (κ3) is 3.80. The number of imidazole rings is 1. The Morgan fingerprint density at radius 3 is 2.74 bits per heavy atom. The Morgan fingerprint density at radius 1 is 1.42 bits per heavy atom. The molecule has 1 N–H and O–H groups in total. The standard InChI is InChI=1S/C15H28N4/c1-4-16-12-15(7-5-6-8-15)13-18(2)11-14-17-9-10-19(14)3/h9-10,16H,4-8,11-13H2,1-3H3. The molecule has 1 heterocycles. The normalized spacial score (nSPS) is 18.3. The van der Waals surface area contributed by atoms with E-state index in [1.54, 1.807) is 0 Å². The molecule has 0 saturated heterocycles. The molecule has 0 aromatic carbocycles. The van der Waals surface area contributed by atoms with E-state index in [-0.39, 0.29) is 0 Å². The third-order valence-corrected chi connectivity index (χ3v) is 4.35. The van der Waals surface area contributed by atoms with Gasteiger partial charge in [0, 0.05) is 32.5 Å². The second-order valence-electron chi connectivity index (χ2n) is 6.11. The van der Waals surface area contributed by atoms with Gasteiger partial charge in [-0.15, -0.1) is 0 Å². The van der Waals surface area contributed by atoms with Gasteiger partial charge in [-0.2, -0.15) is 0 Å². The van der Waals surface area contributed by atoms with Crippen LogP contribution >= 0.6 is 0 Å². The summed E-state index contributed by atoms with van der Waals surface area (Å²) in [6.45, 7) is 6.55. The molecule has 0 aliphatic heterocycles. The van der Waals surface area contributed by atoms with E-state index in [1.165, 1.54) is 32.2 Å². The summed E-state index contributed by atoms with van der Waals surface area (Å²) < 4.78 is 2.11. The van der Waals surface area contributed by atoms with E-state index in [0.29, 0.717) is 5.41 Å². The largest absolute Gasteiger partial charge is 0.337 e. The van der Waals surface area contributed by atoms with Gasteiger partial charge in [0.1, 0.15) is 5.82 Å². The molecule has 0 unspecified atom stereocenters. The molecule has 1 aromatic heterocycles. The van der Waals surface area contributed by atoms with Gasteiger partial charge in [0.25, 0.3) is 0 Å². The Labute approximate surface area is 117 Å². The molecule has 19 heavy (non-hydrogen) atoms. The predicted octanol–water partition coefficient (Wildman–Crippen LogP) is 2.02. The number of hydrogen-bond acceptors (Lipinski definition) is 3. The van der Waals surface area contributed by atoms with Crippen LogP contribution in [0.2, 0.25) is 0 Å². The summed E-state index contributed by atoms with van der Waals surface area (Å²) in [6, 6.07) is 0. The quantitative estimate of drug-likeness (QED) is 0.818. The molecule has 1 aliphatic rings. The van der Waals surface area contributed by atoms with Crippen molar-refractivity contribution in [2.24, 2.45) is 12.5 Å². The molecule has 2 rings (SSSR count). The molecule has 108 valence electrons. The molecule has 4 nitrogen and oxygen atoms in total. The molecule has 0 radical (unpaired) electrons. The zero-order valence-corrected chi connectivity index (χ0v) is 12.7. The van der Waals surface area contributed by atoms with Crippen LogP contribution in [0.1, 0.15) is 38.4 Å². The first-order valence-electron chi connectivity index (χ1n) is 7.51. The first-order valence-corrected chi connectivity index (χ1v) is 7.51. The maximum Gasteiger partial charge on any atom is 0.122 e. The summed E-state index contributed by atoms with van der Waals surface area (Å²) in [5.41, 5.74) is 0.482. The lowest BCUT2D eigenvalue weighted by molar-refractivity contribution is 0.165. The van der Waals surface area contributed by atoms with Gasteiger partial charge in [0.2, 0.25) is 0 Å². The highest BCUT2D eigenvalue weighted by molar-refractivity contribution is 4.93. The molecule has 1 saturated carbocycles. The molecule has 0 amide bonds. The van der Waals surface area contributed by atoms with Gasteiger partial charge >= 0.3 is 0 Å². The van der Waals surface area contributed by atoms with E-state index < -0.39 is 0 Å². The molecular weight excluding hydrogens is 236 g/mol. The van der Waals surface area contributed by atoms with E-state index >= 15 is 0 Å². The minimum absolute atomic E-state index is 0.482. The van der Waals surface area contributed by atoms with Gasteiger partial charge in [-0.05, 0) is 31.8 Å². The van der Waals surface area contributed by atoms with E-state index in [1.807, 2.05) is 12.4 Å². The lowest BCUT2D eigenvalue weighted by Crippen LogP contribution is -2.41. The number of aromatic nitrogens is 2. The Hall–Kier alpha value is -0.870. The minimum atomic E-state index is 0.482. The van der Waals surface area contributed by atoms with Crippen molar-refractivity contribution in [1.29, 1.82) is 0 Å². The number of nitrogens with zero attached hydrogens (tertiary/aromatic N) is 3. The lowest BCUT2D eigenvalue weighted by atomic mass is 9.85. The average molecular weight is 264 g/mol. The second kappa shape index (κ2) is 6.53. The van der Waals surface area contributed by atoms with E-state index in [2.05, 4.69) is 40.8 Å². The van der Waals surface area contributed by atoms with Crippen molar-refractivity contribution in [3.05, 3.63) is 18.2 Å². The van der Waals surface area contributed by atoms with Crippen LogP contribution in [-0.2, 0) is 13.6 Å². The lowest BCUT2D eigenvalue weighted by Gasteiger charge is -2.33. The van der Waals surface area contributed by atoms with Gasteiger partial charge in [0.15, 0.2) is 0 Å². The van der Waals surface area contributed by atoms with E-state index in [0.717, 1.165) is 25.5 Å². The van der Waals surface area contributed by atoms with Gasteiger partial charge in [-0.3, -0.25) is 4.90 Å². The van der Waals surface area contributed by atoms with Crippen LogP contribution in [0.5, 0.6) is 0 Å². The summed E-state index contributed by atoms with van der Waals surface area (Å²) in [4.78, 5) is 6.86. The monoisotopic (exact) mass is 264 g/mol. The summed E-state index contributed by atoms with van der Waals surface area (Å²) in [5.74, 6) is 1.15. The van der Waals surface area contributed by atoms with Crippen LogP contribution in [0.15, 0.2) is 12.4 Å². The van der Waals surface area contributed by atoms with Crippen LogP contribution < -0.4 is 5.32 Å². The smallest absolute Gasteiger partial charge is 0.122 e. The fourth-order valence-corrected chi connectivity index (χ4v) is 3.32. The molecular formula is C15H28N4. The second-order valence-corrected chi connectivity index (χ2v) is 6.11. The summed E-state index contributed by atoms with van der Waals surface area (Å²) >= 11 is 0. The molecule has 4 heteroatoms. The Balaban J connectivity index is 1.91. The van der Waals surface area contributed by atoms with E-state index in [4.69, 9.17) is 0 Å². The fraction of sp³-hybridized carbons (Fsp3) is 0.800. The minimum Gasteiger partial charge on any atom is -0.337 e. The molecule has 1 aromatic rings. The first-order chi connectivity index (χ1) is 9.15. The van der Waals surface area contributed by atoms with Gasteiger partial charge < -0.3 is 9.88 Å². The first kappa shape index (κ1) is 14.5. The Bertz CT molecular complexity index is 379. The van der Waals surface area contributed by atoms with Crippen molar-refractivity contribution in [3.8, 4) is 0 Å².